The number of esters is 1. The number of nitrogens with zero attached hydrogens (tertiary/aromatic N) is 2. The predicted molar refractivity (Wildman–Crippen MR) is 56.9 cm³/mol. The lowest BCUT2D eigenvalue weighted by atomic mass is 10.1. The first-order valence-corrected chi connectivity index (χ1v) is 5.19. The SMILES string of the molecule is COC(=O)c1ncn(CC2CCOC2)c1N. The second kappa shape index (κ2) is 4.52. The molecule has 1 aliphatic rings. The minimum Gasteiger partial charge on any atom is -0.464 e. The average Bonchev–Trinajstić information content (AvgIpc) is 2.90. The van der Waals surface area contributed by atoms with Crippen LogP contribution in [0.2, 0.25) is 0 Å². The third-order valence-electron chi connectivity index (χ3n) is 2.74. The molecule has 0 bridgehead atoms. The van der Waals surface area contributed by atoms with Crippen molar-refractivity contribution in [3.05, 3.63) is 12.0 Å². The van der Waals surface area contributed by atoms with Gasteiger partial charge >= 0.3 is 5.97 Å². The molecular weight excluding hydrogens is 210 g/mol. The Hall–Kier alpha value is -1.56. The highest BCUT2D eigenvalue weighted by Crippen LogP contribution is 2.18. The molecule has 1 fully saturated rings. The van der Waals surface area contributed by atoms with Crippen LogP contribution in [0.25, 0.3) is 0 Å². The van der Waals surface area contributed by atoms with Crippen LogP contribution in [0.15, 0.2) is 6.33 Å². The summed E-state index contributed by atoms with van der Waals surface area (Å²) >= 11 is 0. The van der Waals surface area contributed by atoms with Gasteiger partial charge in [-0.3, -0.25) is 0 Å². The molecule has 2 N–H and O–H groups in total. The second-order valence-electron chi connectivity index (χ2n) is 3.85. The van der Waals surface area contributed by atoms with Crippen LogP contribution in [0.1, 0.15) is 16.9 Å². The van der Waals surface area contributed by atoms with Gasteiger partial charge in [0.05, 0.1) is 20.0 Å². The molecule has 1 aromatic rings. The second-order valence-corrected chi connectivity index (χ2v) is 3.85. The Bertz CT molecular complexity index is 383. The smallest absolute Gasteiger partial charge is 0.360 e. The molecule has 0 saturated carbocycles. The third kappa shape index (κ3) is 2.01. The Morgan fingerprint density at radius 2 is 2.62 bits per heavy atom. The van der Waals surface area contributed by atoms with Crippen LogP contribution in [0.5, 0.6) is 0 Å². The maximum atomic E-state index is 11.3. The molecule has 1 saturated heterocycles. The molecule has 0 aliphatic carbocycles. The molecule has 0 aromatic carbocycles. The average molecular weight is 225 g/mol. The van der Waals surface area contributed by atoms with Gasteiger partial charge in [0, 0.05) is 19.1 Å². The maximum Gasteiger partial charge on any atom is 0.360 e. The monoisotopic (exact) mass is 225 g/mol. The zero-order valence-electron chi connectivity index (χ0n) is 9.18. The van der Waals surface area contributed by atoms with Gasteiger partial charge < -0.3 is 19.8 Å². The number of rotatable bonds is 3. The van der Waals surface area contributed by atoms with Crippen LogP contribution in [-0.4, -0.2) is 35.8 Å². The molecule has 16 heavy (non-hydrogen) atoms. The number of imidazole rings is 1. The molecule has 6 nitrogen and oxygen atoms in total. The summed E-state index contributed by atoms with van der Waals surface area (Å²) in [5.74, 6) is 0.305. The van der Waals surface area contributed by atoms with Crippen molar-refractivity contribution in [1.29, 1.82) is 0 Å². The Morgan fingerprint density at radius 3 is 3.25 bits per heavy atom. The summed E-state index contributed by atoms with van der Waals surface area (Å²) in [4.78, 5) is 15.2. The van der Waals surface area contributed by atoms with Gasteiger partial charge in [0.1, 0.15) is 5.82 Å². The first-order chi connectivity index (χ1) is 7.72. The van der Waals surface area contributed by atoms with Crippen LogP contribution in [0, 0.1) is 5.92 Å². The van der Waals surface area contributed by atoms with E-state index < -0.39 is 5.97 Å². The molecule has 88 valence electrons. The first-order valence-electron chi connectivity index (χ1n) is 5.19. The summed E-state index contributed by atoms with van der Waals surface area (Å²) in [6.07, 6.45) is 2.59. The molecule has 0 amide bonds. The molecule has 6 heteroatoms. The fraction of sp³-hybridized carbons (Fsp3) is 0.600. The van der Waals surface area contributed by atoms with E-state index in [-0.39, 0.29) is 5.69 Å². The normalized spacial score (nSPS) is 19.9. The van der Waals surface area contributed by atoms with E-state index in [2.05, 4.69) is 9.72 Å². The highest BCUT2D eigenvalue weighted by atomic mass is 16.5. The van der Waals surface area contributed by atoms with Gasteiger partial charge in [-0.25, -0.2) is 9.78 Å². The van der Waals surface area contributed by atoms with Crippen molar-refractivity contribution < 1.29 is 14.3 Å². The molecule has 1 unspecified atom stereocenters. The van der Waals surface area contributed by atoms with Gasteiger partial charge in [-0.2, -0.15) is 0 Å². The zero-order chi connectivity index (χ0) is 11.5. The van der Waals surface area contributed by atoms with E-state index in [0.29, 0.717) is 11.7 Å². The Kier molecular flexibility index (Phi) is 3.09. The van der Waals surface area contributed by atoms with Crippen LogP contribution in [0.4, 0.5) is 5.82 Å². The number of carbonyl (C=O) groups is 1. The number of hydrogen-bond acceptors (Lipinski definition) is 5. The molecule has 1 aliphatic heterocycles. The van der Waals surface area contributed by atoms with Crippen LogP contribution < -0.4 is 5.73 Å². The fourth-order valence-corrected chi connectivity index (χ4v) is 1.80. The summed E-state index contributed by atoms with van der Waals surface area (Å²) in [6, 6.07) is 0. The lowest BCUT2D eigenvalue weighted by molar-refractivity contribution is 0.0596. The summed E-state index contributed by atoms with van der Waals surface area (Å²) in [5, 5.41) is 0. The minimum atomic E-state index is -0.501. The van der Waals surface area contributed by atoms with E-state index in [9.17, 15) is 4.79 Å². The Balaban J connectivity index is 2.10. The van der Waals surface area contributed by atoms with Crippen molar-refractivity contribution >= 4 is 11.8 Å². The summed E-state index contributed by atoms with van der Waals surface area (Å²) in [7, 11) is 1.31. The summed E-state index contributed by atoms with van der Waals surface area (Å²) in [6.45, 7) is 2.27. The van der Waals surface area contributed by atoms with Crippen LogP contribution >= 0.6 is 0 Å². The Morgan fingerprint density at radius 1 is 1.81 bits per heavy atom. The highest BCUT2D eigenvalue weighted by molar-refractivity contribution is 5.91. The van der Waals surface area contributed by atoms with Gasteiger partial charge in [-0.15, -0.1) is 0 Å². The lowest BCUT2D eigenvalue weighted by Crippen LogP contribution is -2.13. The number of methoxy groups -OCH3 is 1. The van der Waals surface area contributed by atoms with Crippen molar-refractivity contribution in [2.24, 2.45) is 5.92 Å². The van der Waals surface area contributed by atoms with Crippen LogP contribution in [0.3, 0.4) is 0 Å². The third-order valence-corrected chi connectivity index (χ3v) is 2.74. The topological polar surface area (TPSA) is 79.4 Å². The van der Waals surface area contributed by atoms with Gasteiger partial charge in [0.2, 0.25) is 0 Å². The Labute approximate surface area is 93.3 Å². The molecule has 2 rings (SSSR count). The number of ether oxygens (including phenoxy) is 2. The fourth-order valence-electron chi connectivity index (χ4n) is 1.80. The van der Waals surface area contributed by atoms with Crippen molar-refractivity contribution in [3.63, 3.8) is 0 Å². The molecule has 2 heterocycles. The van der Waals surface area contributed by atoms with Gasteiger partial charge in [-0.1, -0.05) is 0 Å². The number of nitrogen functional groups attached to an aromatic ring is 1. The standard InChI is InChI=1S/C10H15N3O3/c1-15-10(14)8-9(11)13(6-12-8)4-7-2-3-16-5-7/h6-7H,2-5,11H2,1H3. The number of carbonyl (C=O) groups excluding carboxylic acids is 1. The molecule has 1 aromatic heterocycles. The van der Waals surface area contributed by atoms with Crippen molar-refractivity contribution in [2.45, 2.75) is 13.0 Å². The molecule has 0 radical (unpaired) electrons. The molecular formula is C10H15N3O3. The van der Waals surface area contributed by atoms with Crippen molar-refractivity contribution in [2.75, 3.05) is 26.1 Å². The minimum absolute atomic E-state index is 0.182. The van der Waals surface area contributed by atoms with E-state index in [0.717, 1.165) is 26.2 Å². The first kappa shape index (κ1) is 10.9. The number of anilines is 1. The van der Waals surface area contributed by atoms with Crippen molar-refractivity contribution in [1.82, 2.24) is 9.55 Å². The summed E-state index contributed by atoms with van der Waals surface area (Å²) in [5.41, 5.74) is 6.00. The van der Waals surface area contributed by atoms with Gasteiger partial charge in [0.25, 0.3) is 0 Å². The summed E-state index contributed by atoms with van der Waals surface area (Å²) < 4.78 is 11.6. The van der Waals surface area contributed by atoms with Crippen molar-refractivity contribution in [3.8, 4) is 0 Å². The van der Waals surface area contributed by atoms with Gasteiger partial charge in [0.15, 0.2) is 5.69 Å². The largest absolute Gasteiger partial charge is 0.464 e. The van der Waals surface area contributed by atoms with E-state index in [1.165, 1.54) is 7.11 Å². The van der Waals surface area contributed by atoms with E-state index in [1.54, 1.807) is 10.9 Å². The molecule has 1 atom stereocenters. The number of hydrogen-bond donors (Lipinski definition) is 1. The van der Waals surface area contributed by atoms with E-state index >= 15 is 0 Å². The quantitative estimate of drug-likeness (QED) is 0.748. The maximum absolute atomic E-state index is 11.3. The number of nitrogens with two attached hydrogens (primary N) is 1. The van der Waals surface area contributed by atoms with E-state index in [4.69, 9.17) is 10.5 Å². The predicted octanol–water partition coefficient (Wildman–Crippen LogP) is 0.288. The molecule has 0 spiro atoms. The highest BCUT2D eigenvalue weighted by Gasteiger charge is 2.20. The van der Waals surface area contributed by atoms with Gasteiger partial charge in [-0.05, 0) is 6.42 Å². The number of aromatic nitrogens is 2. The van der Waals surface area contributed by atoms with Crippen LogP contribution in [-0.2, 0) is 16.0 Å². The van der Waals surface area contributed by atoms with E-state index in [1.807, 2.05) is 0 Å². The zero-order valence-corrected chi connectivity index (χ0v) is 9.18. The lowest BCUT2D eigenvalue weighted by Gasteiger charge is -2.09.